The maximum absolute atomic E-state index is 10.1. The van der Waals surface area contributed by atoms with Gasteiger partial charge in [0.1, 0.15) is 0 Å². The average Bonchev–Trinajstić information content (AvgIpc) is 2.01. The molecule has 0 rings (SSSR count). The summed E-state index contributed by atoms with van der Waals surface area (Å²) in [5.74, 6) is -1.84. The fourth-order valence-electron chi connectivity index (χ4n) is 0.207. The van der Waals surface area contributed by atoms with Gasteiger partial charge in [-0.3, -0.25) is 0 Å². The Hall–Kier alpha value is -0.521. The first-order chi connectivity index (χ1) is 5.58. The van der Waals surface area contributed by atoms with Crippen LogP contribution in [0.15, 0.2) is 12.2 Å². The molecule has 0 aliphatic rings. The SMILES string of the molecule is COC(=O)C=CC(=O)O.[CH3][Sn][CH3]. The van der Waals surface area contributed by atoms with Crippen LogP contribution in [0, 0.1) is 0 Å². The molecule has 0 heterocycles. The van der Waals surface area contributed by atoms with Gasteiger partial charge in [0.15, 0.2) is 0 Å². The second kappa shape index (κ2) is 10.5. The molecule has 0 aliphatic carbocycles. The van der Waals surface area contributed by atoms with Gasteiger partial charge in [-0.15, -0.1) is 0 Å². The number of aliphatic carboxylic acids is 1. The third kappa shape index (κ3) is 16.2. The molecule has 0 aromatic heterocycles. The van der Waals surface area contributed by atoms with Crippen LogP contribution in [0.4, 0.5) is 0 Å². The molecule has 0 unspecified atom stereocenters. The molecule has 68 valence electrons. The minimum atomic E-state index is -1.17. The molecule has 0 aliphatic heterocycles. The summed E-state index contributed by atoms with van der Waals surface area (Å²) >= 11 is 0.230. The van der Waals surface area contributed by atoms with Gasteiger partial charge in [0.05, 0.1) is 7.11 Å². The number of carbonyl (C=O) groups excluding carboxylic acids is 1. The second-order valence-corrected chi connectivity index (χ2v) is 4.55. The number of esters is 1. The summed E-state index contributed by atoms with van der Waals surface area (Å²) in [5.41, 5.74) is 0. The molecule has 0 spiro atoms. The van der Waals surface area contributed by atoms with E-state index in [2.05, 4.69) is 14.6 Å². The summed E-state index contributed by atoms with van der Waals surface area (Å²) in [7, 11) is 1.18. The van der Waals surface area contributed by atoms with Gasteiger partial charge in [0.25, 0.3) is 0 Å². The van der Waals surface area contributed by atoms with E-state index in [1.807, 2.05) is 0 Å². The molecule has 0 amide bonds. The van der Waals surface area contributed by atoms with Crippen molar-refractivity contribution < 1.29 is 19.4 Å². The minimum absolute atomic E-state index is 0.230. The molecule has 0 aromatic carbocycles. The molecule has 0 atom stereocenters. The second-order valence-electron chi connectivity index (χ2n) is 1.69. The Morgan fingerprint density at radius 3 is 2.00 bits per heavy atom. The van der Waals surface area contributed by atoms with Gasteiger partial charge in [0, 0.05) is 12.2 Å². The normalized spacial score (nSPS) is 8.58. The standard InChI is InChI=1S/C5H6O4.2CH3.Sn/c1-9-5(8)3-2-4(6)7;;;/h2-3H,1H3,(H,6,7);2*1H3;. The van der Waals surface area contributed by atoms with Crippen LogP contribution in [-0.4, -0.2) is 45.3 Å². The van der Waals surface area contributed by atoms with Gasteiger partial charge >= 0.3 is 43.0 Å². The average molecular weight is 279 g/mol. The van der Waals surface area contributed by atoms with Crippen molar-refractivity contribution >= 4 is 33.1 Å². The quantitative estimate of drug-likeness (QED) is 0.456. The van der Waals surface area contributed by atoms with Crippen molar-refractivity contribution in [3.05, 3.63) is 12.2 Å². The molecule has 0 saturated heterocycles. The first kappa shape index (κ1) is 14.0. The summed E-state index contributed by atoms with van der Waals surface area (Å²) in [6.07, 6.45) is 1.55. The molecule has 5 heteroatoms. The number of methoxy groups -OCH3 is 1. The summed E-state index contributed by atoms with van der Waals surface area (Å²) in [4.78, 5) is 24.5. The van der Waals surface area contributed by atoms with Crippen molar-refractivity contribution in [3.63, 3.8) is 0 Å². The third-order valence-electron chi connectivity index (χ3n) is 0.563. The fraction of sp³-hybridized carbons (Fsp3) is 0.429. The zero-order chi connectivity index (χ0) is 9.98. The van der Waals surface area contributed by atoms with E-state index >= 15 is 0 Å². The Morgan fingerprint density at radius 2 is 1.75 bits per heavy atom. The molecule has 0 bridgehead atoms. The molecule has 2 radical (unpaired) electrons. The molecule has 0 aromatic rings. The molecular weight excluding hydrogens is 267 g/mol. The van der Waals surface area contributed by atoms with E-state index in [-0.39, 0.29) is 21.1 Å². The summed E-state index contributed by atoms with van der Waals surface area (Å²) in [5, 5.41) is 7.96. The van der Waals surface area contributed by atoms with E-state index in [0.29, 0.717) is 6.08 Å². The Labute approximate surface area is 81.8 Å². The number of carbonyl (C=O) groups is 2. The topological polar surface area (TPSA) is 63.6 Å². The van der Waals surface area contributed by atoms with Crippen LogP contribution in [0.3, 0.4) is 0 Å². The van der Waals surface area contributed by atoms with E-state index in [4.69, 9.17) is 5.11 Å². The monoisotopic (exact) mass is 280 g/mol. The van der Waals surface area contributed by atoms with Crippen LogP contribution in [0.2, 0.25) is 9.88 Å². The van der Waals surface area contributed by atoms with Crippen LogP contribution in [-0.2, 0) is 14.3 Å². The zero-order valence-electron chi connectivity index (χ0n) is 7.33. The van der Waals surface area contributed by atoms with Crippen molar-refractivity contribution in [2.24, 2.45) is 0 Å². The number of hydrogen-bond acceptors (Lipinski definition) is 3. The third-order valence-corrected chi connectivity index (χ3v) is 0.563. The van der Waals surface area contributed by atoms with Gasteiger partial charge in [0.2, 0.25) is 0 Å². The van der Waals surface area contributed by atoms with Crippen molar-refractivity contribution in [2.75, 3.05) is 7.11 Å². The van der Waals surface area contributed by atoms with E-state index in [9.17, 15) is 9.59 Å². The molecule has 4 nitrogen and oxygen atoms in total. The van der Waals surface area contributed by atoms with E-state index in [0.717, 1.165) is 6.08 Å². The van der Waals surface area contributed by atoms with Crippen molar-refractivity contribution in [3.8, 4) is 0 Å². The van der Waals surface area contributed by atoms with E-state index in [1.54, 1.807) is 0 Å². The number of hydrogen-bond donors (Lipinski definition) is 1. The Bertz CT molecular complexity index is 165. The van der Waals surface area contributed by atoms with Crippen LogP contribution < -0.4 is 0 Å². The van der Waals surface area contributed by atoms with Gasteiger partial charge in [-0.1, -0.05) is 0 Å². The van der Waals surface area contributed by atoms with Gasteiger partial charge in [-0.25, -0.2) is 9.59 Å². The summed E-state index contributed by atoms with van der Waals surface area (Å²) in [6, 6.07) is 0. The first-order valence-corrected chi connectivity index (χ1v) is 8.86. The predicted octanol–water partition coefficient (Wildman–Crippen LogP) is 0.587. The number of ether oxygens (including phenoxy) is 1. The van der Waals surface area contributed by atoms with E-state index < -0.39 is 11.9 Å². The Kier molecular flexibility index (Phi) is 12.3. The Balaban J connectivity index is 0. The molecular formula is C7H12O4Sn. The van der Waals surface area contributed by atoms with Crippen molar-refractivity contribution in [2.45, 2.75) is 9.88 Å². The van der Waals surface area contributed by atoms with Crippen LogP contribution >= 0.6 is 0 Å². The molecule has 12 heavy (non-hydrogen) atoms. The summed E-state index contributed by atoms with van der Waals surface area (Å²) in [6.45, 7) is 0. The van der Waals surface area contributed by atoms with Crippen molar-refractivity contribution in [1.82, 2.24) is 0 Å². The zero-order valence-corrected chi connectivity index (χ0v) is 10.2. The number of carboxylic acid groups (broad SMARTS) is 1. The van der Waals surface area contributed by atoms with Crippen molar-refractivity contribution in [1.29, 1.82) is 0 Å². The van der Waals surface area contributed by atoms with Gasteiger partial charge in [-0.2, -0.15) is 0 Å². The number of carboxylic acids is 1. The number of rotatable bonds is 2. The van der Waals surface area contributed by atoms with Gasteiger partial charge < -0.3 is 9.84 Å². The molecule has 1 N–H and O–H groups in total. The van der Waals surface area contributed by atoms with E-state index in [1.165, 1.54) is 7.11 Å². The first-order valence-electron chi connectivity index (χ1n) is 3.15. The summed E-state index contributed by atoms with van der Waals surface area (Å²) < 4.78 is 4.11. The predicted molar refractivity (Wildman–Crippen MR) is 46.3 cm³/mol. The maximum atomic E-state index is 10.1. The van der Waals surface area contributed by atoms with Crippen LogP contribution in [0.5, 0.6) is 0 Å². The fourth-order valence-corrected chi connectivity index (χ4v) is 0.207. The van der Waals surface area contributed by atoms with Gasteiger partial charge in [-0.05, 0) is 0 Å². The molecule has 0 saturated carbocycles. The van der Waals surface area contributed by atoms with Crippen LogP contribution in [0.25, 0.3) is 0 Å². The van der Waals surface area contributed by atoms with Crippen LogP contribution in [0.1, 0.15) is 0 Å². The molecule has 0 fully saturated rings. The Morgan fingerprint density at radius 1 is 1.33 bits per heavy atom.